The fourth-order valence-electron chi connectivity index (χ4n) is 4.62. The monoisotopic (exact) mass is 419 g/mol. The van der Waals surface area contributed by atoms with Gasteiger partial charge in [-0.2, -0.15) is 5.10 Å². The van der Waals surface area contributed by atoms with E-state index in [-0.39, 0.29) is 11.9 Å². The van der Waals surface area contributed by atoms with E-state index in [1.165, 1.54) is 16.7 Å². The first-order valence-corrected chi connectivity index (χ1v) is 11.3. The maximum absolute atomic E-state index is 13.4. The average Bonchev–Trinajstić information content (AvgIpc) is 3.21. The Hall–Kier alpha value is -2.66. The normalized spacial score (nSPS) is 20.1. The molecule has 0 aliphatic carbocycles. The highest BCUT2D eigenvalue weighted by Crippen LogP contribution is 2.35. The number of carbonyl (C=O) groups is 1. The van der Waals surface area contributed by atoms with Gasteiger partial charge in [0, 0.05) is 6.42 Å². The van der Waals surface area contributed by atoms with Crippen molar-refractivity contribution < 1.29 is 9.53 Å². The molecular formula is C26H33N3O2. The van der Waals surface area contributed by atoms with E-state index in [0.29, 0.717) is 6.54 Å². The van der Waals surface area contributed by atoms with Gasteiger partial charge in [-0.25, -0.2) is 5.01 Å². The molecule has 164 valence electrons. The molecule has 4 rings (SSSR count). The standard InChI is InChI=1S/C26H33N3O2/c1-18-11-13-28(14-12-18)17-26(30)29-25(23-10-5-19(2)15-20(23)3)16-24(27-29)21-6-8-22(31-4)9-7-21/h5-10,15,18,25H,11-14,16-17H2,1-4H3/t25-/m0/s1. The molecule has 2 aliphatic heterocycles. The van der Waals surface area contributed by atoms with Gasteiger partial charge in [-0.05, 0) is 86.7 Å². The third kappa shape index (κ3) is 4.82. The van der Waals surface area contributed by atoms with Gasteiger partial charge in [-0.3, -0.25) is 9.69 Å². The largest absolute Gasteiger partial charge is 0.497 e. The van der Waals surface area contributed by atoms with Gasteiger partial charge in [0.25, 0.3) is 5.91 Å². The number of methoxy groups -OCH3 is 1. The first-order valence-electron chi connectivity index (χ1n) is 11.3. The number of aryl methyl sites for hydroxylation is 2. The molecule has 1 atom stereocenters. The Kier molecular flexibility index (Phi) is 6.42. The molecule has 2 aromatic carbocycles. The maximum atomic E-state index is 13.4. The number of amides is 1. The summed E-state index contributed by atoms with van der Waals surface area (Å²) in [6, 6.07) is 14.4. The first-order chi connectivity index (χ1) is 14.9. The van der Waals surface area contributed by atoms with Crippen LogP contribution in [0.15, 0.2) is 47.6 Å². The molecule has 0 N–H and O–H groups in total. The van der Waals surface area contributed by atoms with E-state index in [4.69, 9.17) is 9.84 Å². The van der Waals surface area contributed by atoms with Crippen molar-refractivity contribution in [2.45, 2.75) is 46.1 Å². The first kappa shape index (κ1) is 21.6. The molecule has 0 spiro atoms. The molecule has 0 unspecified atom stereocenters. The third-order valence-corrected chi connectivity index (χ3v) is 6.61. The average molecular weight is 420 g/mol. The second-order valence-electron chi connectivity index (χ2n) is 9.05. The van der Waals surface area contributed by atoms with Crippen LogP contribution in [-0.4, -0.2) is 48.3 Å². The summed E-state index contributed by atoms with van der Waals surface area (Å²) in [5.74, 6) is 1.66. The maximum Gasteiger partial charge on any atom is 0.257 e. The Morgan fingerprint density at radius 3 is 2.45 bits per heavy atom. The number of ether oxygens (including phenoxy) is 1. The van der Waals surface area contributed by atoms with Gasteiger partial charge in [0.2, 0.25) is 0 Å². The summed E-state index contributed by atoms with van der Waals surface area (Å²) in [6.07, 6.45) is 3.04. The van der Waals surface area contributed by atoms with Crippen molar-refractivity contribution in [1.29, 1.82) is 0 Å². The van der Waals surface area contributed by atoms with Gasteiger partial charge in [-0.1, -0.05) is 30.7 Å². The summed E-state index contributed by atoms with van der Waals surface area (Å²) in [5, 5.41) is 6.59. The van der Waals surface area contributed by atoms with Crippen LogP contribution in [-0.2, 0) is 4.79 Å². The topological polar surface area (TPSA) is 45.1 Å². The number of hydrogen-bond acceptors (Lipinski definition) is 4. The highest BCUT2D eigenvalue weighted by molar-refractivity contribution is 6.03. The van der Waals surface area contributed by atoms with Crippen LogP contribution in [0, 0.1) is 19.8 Å². The third-order valence-electron chi connectivity index (χ3n) is 6.61. The molecule has 31 heavy (non-hydrogen) atoms. The summed E-state index contributed by atoms with van der Waals surface area (Å²) in [7, 11) is 1.67. The summed E-state index contributed by atoms with van der Waals surface area (Å²) in [6.45, 7) is 8.94. The summed E-state index contributed by atoms with van der Waals surface area (Å²) < 4.78 is 5.29. The summed E-state index contributed by atoms with van der Waals surface area (Å²) in [5.41, 5.74) is 5.61. The second kappa shape index (κ2) is 9.23. The van der Waals surface area contributed by atoms with Crippen molar-refractivity contribution in [1.82, 2.24) is 9.91 Å². The van der Waals surface area contributed by atoms with Crippen molar-refractivity contribution in [2.24, 2.45) is 11.0 Å². The highest BCUT2D eigenvalue weighted by Gasteiger charge is 2.34. The molecule has 0 saturated carbocycles. The Morgan fingerprint density at radius 2 is 1.81 bits per heavy atom. The lowest BCUT2D eigenvalue weighted by Gasteiger charge is -2.31. The van der Waals surface area contributed by atoms with Gasteiger partial charge in [0.05, 0.1) is 25.4 Å². The highest BCUT2D eigenvalue weighted by atomic mass is 16.5. The quantitative estimate of drug-likeness (QED) is 0.704. The van der Waals surface area contributed by atoms with Crippen molar-refractivity contribution in [3.05, 3.63) is 64.7 Å². The van der Waals surface area contributed by atoms with Crippen LogP contribution in [0.1, 0.15) is 54.5 Å². The number of likely N-dealkylation sites (tertiary alicyclic amines) is 1. The Morgan fingerprint density at radius 1 is 1.10 bits per heavy atom. The summed E-state index contributed by atoms with van der Waals surface area (Å²) >= 11 is 0. The van der Waals surface area contributed by atoms with Crippen LogP contribution in [0.2, 0.25) is 0 Å². The lowest BCUT2D eigenvalue weighted by Crippen LogP contribution is -2.41. The van der Waals surface area contributed by atoms with Gasteiger partial charge in [0.15, 0.2) is 0 Å². The number of nitrogens with zero attached hydrogens (tertiary/aromatic N) is 3. The molecular weight excluding hydrogens is 386 g/mol. The number of rotatable bonds is 5. The van der Waals surface area contributed by atoms with E-state index in [1.54, 1.807) is 12.1 Å². The molecule has 2 aliphatic rings. The minimum atomic E-state index is -0.0612. The predicted molar refractivity (Wildman–Crippen MR) is 124 cm³/mol. The van der Waals surface area contributed by atoms with Gasteiger partial charge < -0.3 is 4.74 Å². The molecule has 1 amide bonds. The number of piperidine rings is 1. The Balaban J connectivity index is 1.60. The summed E-state index contributed by atoms with van der Waals surface area (Å²) in [4.78, 5) is 15.7. The number of benzene rings is 2. The molecule has 5 nitrogen and oxygen atoms in total. The SMILES string of the molecule is COc1ccc(C2=NN(C(=O)CN3CCC(C)CC3)[C@H](c3ccc(C)cc3C)C2)cc1. The molecule has 2 heterocycles. The van der Waals surface area contributed by atoms with Crippen LogP contribution in [0.5, 0.6) is 5.75 Å². The van der Waals surface area contributed by atoms with E-state index in [9.17, 15) is 4.79 Å². The van der Waals surface area contributed by atoms with Crippen LogP contribution in [0.25, 0.3) is 0 Å². The lowest BCUT2D eigenvalue weighted by atomic mass is 9.94. The Bertz CT molecular complexity index is 959. The zero-order valence-electron chi connectivity index (χ0n) is 19.1. The van der Waals surface area contributed by atoms with E-state index >= 15 is 0 Å². The van der Waals surface area contributed by atoms with Crippen molar-refractivity contribution in [3.8, 4) is 5.75 Å². The van der Waals surface area contributed by atoms with Gasteiger partial charge in [-0.15, -0.1) is 0 Å². The van der Waals surface area contributed by atoms with E-state index < -0.39 is 0 Å². The van der Waals surface area contributed by atoms with Crippen LogP contribution in [0.4, 0.5) is 0 Å². The zero-order chi connectivity index (χ0) is 22.0. The smallest absolute Gasteiger partial charge is 0.257 e. The molecule has 1 fully saturated rings. The predicted octanol–water partition coefficient (Wildman–Crippen LogP) is 4.72. The van der Waals surface area contributed by atoms with E-state index in [0.717, 1.165) is 55.3 Å². The molecule has 1 saturated heterocycles. The molecule has 2 aromatic rings. The van der Waals surface area contributed by atoms with Crippen molar-refractivity contribution in [3.63, 3.8) is 0 Å². The Labute approximate surface area is 185 Å². The zero-order valence-corrected chi connectivity index (χ0v) is 19.1. The fraction of sp³-hybridized carbons (Fsp3) is 0.462. The van der Waals surface area contributed by atoms with E-state index in [1.807, 2.05) is 24.3 Å². The van der Waals surface area contributed by atoms with Gasteiger partial charge >= 0.3 is 0 Å². The van der Waals surface area contributed by atoms with Crippen LogP contribution < -0.4 is 4.74 Å². The van der Waals surface area contributed by atoms with E-state index in [2.05, 4.69) is 43.9 Å². The molecule has 0 bridgehead atoms. The van der Waals surface area contributed by atoms with Crippen LogP contribution in [0.3, 0.4) is 0 Å². The molecule has 5 heteroatoms. The minimum absolute atomic E-state index is 0.0612. The lowest BCUT2D eigenvalue weighted by molar-refractivity contribution is -0.134. The number of hydrogen-bond donors (Lipinski definition) is 0. The van der Waals surface area contributed by atoms with Crippen molar-refractivity contribution in [2.75, 3.05) is 26.7 Å². The van der Waals surface area contributed by atoms with Gasteiger partial charge in [0.1, 0.15) is 5.75 Å². The second-order valence-corrected chi connectivity index (χ2v) is 9.05. The fourth-order valence-corrected chi connectivity index (χ4v) is 4.62. The number of carbonyl (C=O) groups excluding carboxylic acids is 1. The molecule has 0 radical (unpaired) electrons. The molecule has 0 aromatic heterocycles. The number of hydrazone groups is 1. The van der Waals surface area contributed by atoms with Crippen LogP contribution >= 0.6 is 0 Å². The van der Waals surface area contributed by atoms with Crippen molar-refractivity contribution >= 4 is 11.6 Å². The minimum Gasteiger partial charge on any atom is -0.497 e.